The van der Waals surface area contributed by atoms with Gasteiger partial charge < -0.3 is 20.4 Å². The number of nitrogens with zero attached hydrogens (tertiary/aromatic N) is 1. The first kappa shape index (κ1) is 11.6. The Morgan fingerprint density at radius 2 is 2.24 bits per heavy atom. The molecule has 17 heavy (non-hydrogen) atoms. The first-order valence-electron chi connectivity index (χ1n) is 5.26. The van der Waals surface area contributed by atoms with Crippen molar-refractivity contribution in [2.45, 2.75) is 13.0 Å². The molecule has 1 atom stereocenters. The fraction of sp³-hybridized carbons (Fsp3) is 0.250. The van der Waals surface area contributed by atoms with Gasteiger partial charge in [-0.2, -0.15) is 0 Å². The normalized spacial score (nSPS) is 12.6. The zero-order chi connectivity index (χ0) is 12.4. The van der Waals surface area contributed by atoms with Crippen LogP contribution in [-0.2, 0) is 0 Å². The van der Waals surface area contributed by atoms with Crippen molar-refractivity contribution in [3.05, 3.63) is 35.7 Å². The maximum Gasteiger partial charge on any atom is 0.226 e. The lowest BCUT2D eigenvalue weighted by Crippen LogP contribution is -2.11. The van der Waals surface area contributed by atoms with Crippen molar-refractivity contribution in [1.29, 1.82) is 0 Å². The molecule has 0 bridgehead atoms. The Kier molecular flexibility index (Phi) is 3.12. The van der Waals surface area contributed by atoms with Crippen LogP contribution < -0.4 is 5.73 Å². The molecule has 4 N–H and O–H groups in total. The predicted molar refractivity (Wildman–Crippen MR) is 62.4 cm³/mol. The summed E-state index contributed by atoms with van der Waals surface area (Å²) in [5, 5.41) is 19.0. The van der Waals surface area contributed by atoms with Crippen LogP contribution in [0.5, 0.6) is 5.75 Å². The maximum atomic E-state index is 9.62. The van der Waals surface area contributed by atoms with Gasteiger partial charge in [-0.05, 0) is 25.1 Å². The number of phenolic OH excluding ortho intramolecular Hbond substituents is 1. The standard InChI is InChI=1S/C12H14N2O3/c1-7-11(10(16)6-13)17-12(14-7)8-3-2-4-9(15)5-8/h2-5,10,15-16H,6,13H2,1H3. The molecule has 1 aromatic carbocycles. The van der Waals surface area contributed by atoms with E-state index in [9.17, 15) is 10.2 Å². The second kappa shape index (κ2) is 4.57. The van der Waals surface area contributed by atoms with Crippen LogP contribution in [-0.4, -0.2) is 21.7 Å². The van der Waals surface area contributed by atoms with Gasteiger partial charge in [-0.1, -0.05) is 6.07 Å². The molecule has 0 amide bonds. The van der Waals surface area contributed by atoms with Crippen molar-refractivity contribution >= 4 is 0 Å². The van der Waals surface area contributed by atoms with Crippen molar-refractivity contribution < 1.29 is 14.6 Å². The molecule has 0 aliphatic carbocycles. The number of hydrogen-bond acceptors (Lipinski definition) is 5. The fourth-order valence-corrected chi connectivity index (χ4v) is 1.59. The van der Waals surface area contributed by atoms with E-state index in [0.29, 0.717) is 22.9 Å². The van der Waals surface area contributed by atoms with Crippen LogP contribution in [0.25, 0.3) is 11.5 Å². The lowest BCUT2D eigenvalue weighted by Gasteiger charge is -2.03. The summed E-state index contributed by atoms with van der Waals surface area (Å²) >= 11 is 0. The zero-order valence-corrected chi connectivity index (χ0v) is 9.42. The number of rotatable bonds is 3. The van der Waals surface area contributed by atoms with Gasteiger partial charge in [-0.15, -0.1) is 0 Å². The Morgan fingerprint density at radius 1 is 1.47 bits per heavy atom. The highest BCUT2D eigenvalue weighted by atomic mass is 16.4. The molecule has 0 aliphatic heterocycles. The molecule has 90 valence electrons. The smallest absolute Gasteiger partial charge is 0.226 e. The van der Waals surface area contributed by atoms with E-state index >= 15 is 0 Å². The number of aliphatic hydroxyl groups is 1. The summed E-state index contributed by atoms with van der Waals surface area (Å²) < 4.78 is 5.46. The largest absolute Gasteiger partial charge is 0.508 e. The zero-order valence-electron chi connectivity index (χ0n) is 9.42. The molecule has 0 aliphatic rings. The van der Waals surface area contributed by atoms with Crippen molar-refractivity contribution in [3.8, 4) is 17.2 Å². The molecule has 2 aromatic rings. The summed E-state index contributed by atoms with van der Waals surface area (Å²) in [5.41, 5.74) is 6.62. The quantitative estimate of drug-likeness (QED) is 0.745. The Morgan fingerprint density at radius 3 is 2.88 bits per heavy atom. The molecule has 5 heteroatoms. The van der Waals surface area contributed by atoms with Gasteiger partial charge in [0, 0.05) is 12.1 Å². The van der Waals surface area contributed by atoms with Crippen molar-refractivity contribution in [3.63, 3.8) is 0 Å². The van der Waals surface area contributed by atoms with E-state index in [2.05, 4.69) is 4.98 Å². The monoisotopic (exact) mass is 234 g/mol. The van der Waals surface area contributed by atoms with Gasteiger partial charge in [0.15, 0.2) is 5.76 Å². The number of aromatic nitrogens is 1. The minimum Gasteiger partial charge on any atom is -0.508 e. The molecule has 0 saturated heterocycles. The first-order valence-corrected chi connectivity index (χ1v) is 5.26. The van der Waals surface area contributed by atoms with E-state index in [-0.39, 0.29) is 12.3 Å². The highest BCUT2D eigenvalue weighted by Crippen LogP contribution is 2.27. The van der Waals surface area contributed by atoms with E-state index in [1.54, 1.807) is 31.2 Å². The van der Waals surface area contributed by atoms with Crippen molar-refractivity contribution in [1.82, 2.24) is 4.98 Å². The van der Waals surface area contributed by atoms with E-state index in [1.165, 1.54) is 0 Å². The Labute approximate surface area is 98.5 Å². The summed E-state index contributed by atoms with van der Waals surface area (Å²) in [5.74, 6) is 0.867. The van der Waals surface area contributed by atoms with Gasteiger partial charge in [-0.25, -0.2) is 4.98 Å². The fourth-order valence-electron chi connectivity index (χ4n) is 1.59. The van der Waals surface area contributed by atoms with Crippen LogP contribution >= 0.6 is 0 Å². The molecule has 2 rings (SSSR count). The molecular weight excluding hydrogens is 220 g/mol. The molecule has 5 nitrogen and oxygen atoms in total. The summed E-state index contributed by atoms with van der Waals surface area (Å²) in [6.45, 7) is 1.82. The third kappa shape index (κ3) is 2.30. The number of benzene rings is 1. The summed E-state index contributed by atoms with van der Waals surface area (Å²) in [6.07, 6.45) is -0.853. The Bertz CT molecular complexity index is 522. The van der Waals surface area contributed by atoms with Gasteiger partial charge in [0.25, 0.3) is 0 Å². The Hall–Kier alpha value is -1.85. The first-order chi connectivity index (χ1) is 8.11. The highest BCUT2D eigenvalue weighted by molar-refractivity contribution is 5.56. The summed E-state index contributed by atoms with van der Waals surface area (Å²) in [6, 6.07) is 6.58. The SMILES string of the molecule is Cc1nc(-c2cccc(O)c2)oc1C(O)CN. The number of phenols is 1. The minimum atomic E-state index is -0.853. The second-order valence-corrected chi connectivity index (χ2v) is 3.77. The summed E-state index contributed by atoms with van der Waals surface area (Å²) in [7, 11) is 0. The number of oxazole rings is 1. The van der Waals surface area contributed by atoms with Crippen LogP contribution in [0, 0.1) is 6.92 Å². The number of aliphatic hydroxyl groups excluding tert-OH is 1. The van der Waals surface area contributed by atoms with Crippen LogP contribution in [0.2, 0.25) is 0 Å². The third-order valence-electron chi connectivity index (χ3n) is 2.45. The molecular formula is C12H14N2O3. The topological polar surface area (TPSA) is 92.5 Å². The van der Waals surface area contributed by atoms with Crippen LogP contribution in [0.1, 0.15) is 17.6 Å². The van der Waals surface area contributed by atoms with Crippen molar-refractivity contribution in [2.75, 3.05) is 6.54 Å². The van der Waals surface area contributed by atoms with E-state index < -0.39 is 6.10 Å². The predicted octanol–water partition coefficient (Wildman–Crippen LogP) is 1.35. The van der Waals surface area contributed by atoms with Crippen molar-refractivity contribution in [2.24, 2.45) is 5.73 Å². The van der Waals surface area contributed by atoms with Crippen LogP contribution in [0.15, 0.2) is 28.7 Å². The van der Waals surface area contributed by atoms with Gasteiger partial charge >= 0.3 is 0 Å². The average molecular weight is 234 g/mol. The average Bonchev–Trinajstić information content (AvgIpc) is 2.70. The molecule has 0 fully saturated rings. The lowest BCUT2D eigenvalue weighted by molar-refractivity contribution is 0.158. The van der Waals surface area contributed by atoms with Gasteiger partial charge in [-0.3, -0.25) is 0 Å². The minimum absolute atomic E-state index is 0.0789. The van der Waals surface area contributed by atoms with E-state index in [0.717, 1.165) is 0 Å². The molecule has 1 aromatic heterocycles. The second-order valence-electron chi connectivity index (χ2n) is 3.77. The van der Waals surface area contributed by atoms with E-state index in [1.807, 2.05) is 0 Å². The maximum absolute atomic E-state index is 9.62. The highest BCUT2D eigenvalue weighted by Gasteiger charge is 2.17. The van der Waals surface area contributed by atoms with Gasteiger partial charge in [0.1, 0.15) is 11.9 Å². The molecule has 0 saturated carbocycles. The lowest BCUT2D eigenvalue weighted by atomic mass is 10.2. The molecule has 0 spiro atoms. The van der Waals surface area contributed by atoms with Crippen LogP contribution in [0.3, 0.4) is 0 Å². The number of nitrogens with two attached hydrogens (primary N) is 1. The molecule has 0 radical (unpaired) electrons. The molecule has 1 heterocycles. The molecule has 1 unspecified atom stereocenters. The Balaban J connectivity index is 2.41. The summed E-state index contributed by atoms with van der Waals surface area (Å²) in [4.78, 5) is 4.20. The van der Waals surface area contributed by atoms with E-state index in [4.69, 9.17) is 10.2 Å². The third-order valence-corrected chi connectivity index (χ3v) is 2.45. The van der Waals surface area contributed by atoms with Gasteiger partial charge in [0.2, 0.25) is 5.89 Å². The van der Waals surface area contributed by atoms with Crippen LogP contribution in [0.4, 0.5) is 0 Å². The number of aryl methyl sites for hydroxylation is 1. The van der Waals surface area contributed by atoms with Gasteiger partial charge in [0.05, 0.1) is 5.69 Å². The number of aromatic hydroxyl groups is 1. The number of hydrogen-bond donors (Lipinski definition) is 3.